The Labute approximate surface area is 337 Å². The predicted octanol–water partition coefficient (Wildman–Crippen LogP) is 6.07. The molecule has 8 rings (SSSR count). The number of aliphatic hydroxyl groups is 2. The van der Waals surface area contributed by atoms with E-state index < -0.39 is 93.0 Å². The van der Waals surface area contributed by atoms with Crippen molar-refractivity contribution in [3.05, 3.63) is 118 Å². The summed E-state index contributed by atoms with van der Waals surface area (Å²) >= 11 is 0. The van der Waals surface area contributed by atoms with Crippen LogP contribution in [0.15, 0.2) is 60.7 Å². The summed E-state index contributed by atoms with van der Waals surface area (Å²) in [5.74, 6) is -11.9. The van der Waals surface area contributed by atoms with Gasteiger partial charge in [-0.1, -0.05) is 0 Å². The highest BCUT2D eigenvalue weighted by Gasteiger charge is 2.54. The van der Waals surface area contributed by atoms with Crippen LogP contribution in [-0.2, 0) is 0 Å². The third-order valence-corrected chi connectivity index (χ3v) is 11.5. The van der Waals surface area contributed by atoms with E-state index in [1.54, 1.807) is 9.80 Å². The predicted molar refractivity (Wildman–Crippen MR) is 194 cm³/mol. The summed E-state index contributed by atoms with van der Waals surface area (Å²) in [6, 6.07) is 9.11. The van der Waals surface area contributed by atoms with E-state index in [0.29, 0.717) is 25.9 Å². The SMILES string of the molecule is O=C(CN1C[C@@H]2C[C@@H](Oc3ccc(F)cc3F)C[C@]2(O)C1)c1cc(F)c(O)c(F)c1.O=C(CN1C[C@H]2C[C@H](Oc3ccc(F)cc3F)C[C@@]2(O)C1)c1cc(F)c(O)c(F)c1. The maximum absolute atomic E-state index is 13.8. The van der Waals surface area contributed by atoms with Gasteiger partial charge in [0.25, 0.3) is 0 Å². The number of hydrogen-bond donors (Lipinski definition) is 4. The Morgan fingerprint density at radius 1 is 0.567 bits per heavy atom. The van der Waals surface area contributed by atoms with Gasteiger partial charge in [0.15, 0.2) is 69.5 Å². The smallest absolute Gasteiger partial charge is 0.187 e. The van der Waals surface area contributed by atoms with Gasteiger partial charge in [-0.25, -0.2) is 35.1 Å². The number of likely N-dealkylation sites (tertiary alicyclic amines) is 2. The number of fused-ring (bicyclic) bond motifs is 2. The Hall–Kier alpha value is -5.30. The summed E-state index contributed by atoms with van der Waals surface area (Å²) in [6.07, 6.45) is 0.334. The number of benzene rings is 4. The minimum absolute atomic E-state index is 0.0895. The highest BCUT2D eigenvalue weighted by molar-refractivity contribution is 5.98. The molecule has 0 bridgehead atoms. The van der Waals surface area contributed by atoms with Crippen molar-refractivity contribution in [3.8, 4) is 23.0 Å². The van der Waals surface area contributed by atoms with Gasteiger partial charge in [-0.3, -0.25) is 19.4 Å². The number of rotatable bonds is 10. The van der Waals surface area contributed by atoms with Crippen LogP contribution in [0.2, 0.25) is 0 Å². The van der Waals surface area contributed by atoms with Crippen LogP contribution < -0.4 is 9.47 Å². The lowest BCUT2D eigenvalue weighted by Crippen LogP contribution is -2.37. The van der Waals surface area contributed by atoms with Gasteiger partial charge < -0.3 is 29.9 Å². The van der Waals surface area contributed by atoms with Crippen molar-refractivity contribution in [1.29, 1.82) is 0 Å². The molecule has 6 atom stereocenters. The fourth-order valence-corrected chi connectivity index (χ4v) is 8.73. The number of halogens is 8. The Morgan fingerprint density at radius 3 is 1.23 bits per heavy atom. The molecule has 2 saturated heterocycles. The molecule has 10 nitrogen and oxygen atoms in total. The third kappa shape index (κ3) is 9.06. The highest BCUT2D eigenvalue weighted by Crippen LogP contribution is 2.45. The Morgan fingerprint density at radius 2 is 0.917 bits per heavy atom. The van der Waals surface area contributed by atoms with Crippen molar-refractivity contribution in [3.63, 3.8) is 0 Å². The zero-order chi connectivity index (χ0) is 43.3. The van der Waals surface area contributed by atoms with Crippen LogP contribution in [0.5, 0.6) is 23.0 Å². The zero-order valence-electron chi connectivity index (χ0n) is 31.5. The van der Waals surface area contributed by atoms with Crippen LogP contribution in [0.25, 0.3) is 0 Å². The molecule has 4 fully saturated rings. The standard InChI is InChI=1S/2C21H19F4NO4/c2*22-13-1-2-19(15(23)6-13)30-14-5-12-8-26(10-21(12,29)7-14)9-18(27)11-3-16(24)20(28)17(25)4-11/h2*1-4,6,12,14,28-29H,5,7-10H2/t2*12-,14+,21-/m10/s1. The summed E-state index contributed by atoms with van der Waals surface area (Å²) in [7, 11) is 0. The number of phenolic OH excluding ortho intramolecular Hbond substituents is 2. The van der Waals surface area contributed by atoms with E-state index in [1.165, 1.54) is 12.1 Å². The summed E-state index contributed by atoms with van der Waals surface area (Å²) in [6.45, 7) is 0.714. The molecule has 0 radical (unpaired) electrons. The van der Waals surface area contributed by atoms with Gasteiger partial charge in [-0.2, -0.15) is 0 Å². The second kappa shape index (κ2) is 16.6. The summed E-state index contributed by atoms with van der Waals surface area (Å²) in [4.78, 5) is 28.1. The molecule has 4 aliphatic rings. The van der Waals surface area contributed by atoms with E-state index in [1.807, 2.05) is 0 Å². The lowest BCUT2D eigenvalue weighted by molar-refractivity contribution is 0.0213. The minimum atomic E-state index is -1.22. The number of ether oxygens (including phenoxy) is 2. The topological polar surface area (TPSA) is 140 Å². The van der Waals surface area contributed by atoms with Gasteiger partial charge in [-0.15, -0.1) is 0 Å². The van der Waals surface area contributed by atoms with Gasteiger partial charge >= 0.3 is 0 Å². The Bertz CT molecular complexity index is 2110. The van der Waals surface area contributed by atoms with Gasteiger partial charge in [-0.05, 0) is 61.4 Å². The monoisotopic (exact) mass is 850 g/mol. The number of nitrogens with zero attached hydrogens (tertiary/aromatic N) is 2. The van der Waals surface area contributed by atoms with E-state index in [0.717, 1.165) is 48.5 Å². The van der Waals surface area contributed by atoms with E-state index >= 15 is 0 Å². The second-order valence-electron chi connectivity index (χ2n) is 15.9. The van der Waals surface area contributed by atoms with Crippen LogP contribution in [0.3, 0.4) is 0 Å². The summed E-state index contributed by atoms with van der Waals surface area (Å²) in [5.41, 5.74) is -2.71. The average Bonchev–Trinajstić information content (AvgIpc) is 3.84. The number of β-amino-alcohol motifs (C(OH)–C–C–N with tert-alkyl or cyclic N) is 2. The maximum Gasteiger partial charge on any atom is 0.187 e. The fraction of sp³-hybridized carbons (Fsp3) is 0.381. The molecule has 4 N–H and O–H groups in total. The minimum Gasteiger partial charge on any atom is -0.503 e. The molecular formula is C42H38F8N2O8. The van der Waals surface area contributed by atoms with Gasteiger partial charge in [0.05, 0.1) is 24.3 Å². The van der Waals surface area contributed by atoms with Crippen LogP contribution in [-0.4, -0.2) is 104 Å². The van der Waals surface area contributed by atoms with E-state index in [-0.39, 0.29) is 73.5 Å². The molecule has 0 amide bonds. The number of Topliss-reactive ketones (excluding diaryl/α,β-unsaturated/α-hetero) is 2. The van der Waals surface area contributed by atoms with E-state index in [4.69, 9.17) is 19.7 Å². The van der Waals surface area contributed by atoms with E-state index in [9.17, 15) is 54.9 Å². The molecule has 4 aromatic rings. The van der Waals surface area contributed by atoms with Crippen molar-refractivity contribution >= 4 is 11.6 Å². The van der Waals surface area contributed by atoms with Crippen LogP contribution in [0.4, 0.5) is 35.1 Å². The first-order valence-electron chi connectivity index (χ1n) is 18.8. The molecule has 2 saturated carbocycles. The van der Waals surface area contributed by atoms with Gasteiger partial charge in [0.2, 0.25) is 0 Å². The number of aromatic hydroxyl groups is 2. The first kappa shape index (κ1) is 42.8. The summed E-state index contributed by atoms with van der Waals surface area (Å²) < 4.78 is 119. The van der Waals surface area contributed by atoms with Crippen LogP contribution >= 0.6 is 0 Å². The molecular weight excluding hydrogens is 812 g/mol. The second-order valence-corrected chi connectivity index (χ2v) is 15.9. The molecule has 4 aromatic carbocycles. The third-order valence-electron chi connectivity index (χ3n) is 11.5. The van der Waals surface area contributed by atoms with Crippen molar-refractivity contribution in [2.45, 2.75) is 49.1 Å². The average molecular weight is 851 g/mol. The van der Waals surface area contributed by atoms with Crippen molar-refractivity contribution in [2.24, 2.45) is 11.8 Å². The Kier molecular flexibility index (Phi) is 11.9. The molecule has 320 valence electrons. The Balaban J connectivity index is 0.000000181. The number of hydrogen-bond acceptors (Lipinski definition) is 10. The maximum atomic E-state index is 13.8. The quantitative estimate of drug-likeness (QED) is 0.110. The van der Waals surface area contributed by atoms with E-state index in [2.05, 4.69) is 0 Å². The van der Waals surface area contributed by atoms with Crippen LogP contribution in [0.1, 0.15) is 46.4 Å². The lowest BCUT2D eigenvalue weighted by atomic mass is 9.95. The molecule has 0 spiro atoms. The van der Waals surface area contributed by atoms with Crippen molar-refractivity contribution in [2.75, 3.05) is 39.3 Å². The lowest BCUT2D eigenvalue weighted by Gasteiger charge is -2.23. The highest BCUT2D eigenvalue weighted by atomic mass is 19.2. The van der Waals surface area contributed by atoms with Gasteiger partial charge in [0.1, 0.15) is 23.8 Å². The molecule has 2 aliphatic carbocycles. The molecule has 60 heavy (non-hydrogen) atoms. The van der Waals surface area contributed by atoms with Gasteiger partial charge in [0, 0.05) is 74.1 Å². The zero-order valence-corrected chi connectivity index (χ0v) is 31.5. The molecule has 2 heterocycles. The summed E-state index contributed by atoms with van der Waals surface area (Å²) in [5, 5.41) is 40.1. The first-order chi connectivity index (χ1) is 28.3. The fourth-order valence-electron chi connectivity index (χ4n) is 8.73. The van der Waals surface area contributed by atoms with Crippen LogP contribution in [0, 0.1) is 58.4 Å². The number of carbonyl (C=O) groups excluding carboxylic acids is 2. The first-order valence-corrected chi connectivity index (χ1v) is 18.8. The number of carbonyl (C=O) groups is 2. The number of ketones is 2. The number of phenols is 2. The van der Waals surface area contributed by atoms with Crippen molar-refractivity contribution < 1.29 is 74.6 Å². The molecule has 0 aromatic heterocycles. The molecule has 18 heteroatoms. The molecule has 2 aliphatic heterocycles. The van der Waals surface area contributed by atoms with Crippen molar-refractivity contribution in [1.82, 2.24) is 9.80 Å². The largest absolute Gasteiger partial charge is 0.503 e. The molecule has 0 unspecified atom stereocenters. The normalized spacial score (nSPS) is 26.0.